The molecule has 0 aliphatic heterocycles. The molecule has 0 aliphatic rings. The maximum absolute atomic E-state index is 10.6. The lowest BCUT2D eigenvalue weighted by molar-refractivity contribution is -0.384. The molecule has 0 radical (unpaired) electrons. The molecule has 1 aromatic carbocycles. The monoisotopic (exact) mass is 273 g/mol. The molecular formula is C11H11N7O2. The van der Waals surface area contributed by atoms with E-state index in [1.165, 1.54) is 12.1 Å². The zero-order chi connectivity index (χ0) is 14.4. The maximum atomic E-state index is 10.6. The van der Waals surface area contributed by atoms with Gasteiger partial charge in [0.15, 0.2) is 0 Å². The summed E-state index contributed by atoms with van der Waals surface area (Å²) >= 11 is 0. The molecule has 9 nitrogen and oxygen atoms in total. The van der Waals surface area contributed by atoms with Gasteiger partial charge < -0.3 is 0 Å². The summed E-state index contributed by atoms with van der Waals surface area (Å²) in [5, 5.41) is 21.8. The Balaban J connectivity index is 2.07. The van der Waals surface area contributed by atoms with E-state index in [1.807, 2.05) is 0 Å². The van der Waals surface area contributed by atoms with Crippen LogP contribution >= 0.6 is 0 Å². The Morgan fingerprint density at radius 1 is 1.45 bits per heavy atom. The summed E-state index contributed by atoms with van der Waals surface area (Å²) in [5.74, 6) is 0. The van der Waals surface area contributed by atoms with E-state index >= 15 is 0 Å². The molecule has 0 saturated carbocycles. The largest absolute Gasteiger partial charge is 0.269 e. The number of azide groups is 1. The van der Waals surface area contributed by atoms with Crippen molar-refractivity contribution in [2.75, 3.05) is 0 Å². The normalized spacial score (nSPS) is 11.6. The predicted octanol–water partition coefficient (Wildman–Crippen LogP) is 2.11. The van der Waals surface area contributed by atoms with Crippen molar-refractivity contribution in [1.82, 2.24) is 15.0 Å². The quantitative estimate of drug-likeness (QED) is 0.263. The van der Waals surface area contributed by atoms with Crippen molar-refractivity contribution in [1.29, 1.82) is 0 Å². The molecule has 1 atom stereocenters. The highest BCUT2D eigenvalue weighted by atomic mass is 16.6. The summed E-state index contributed by atoms with van der Waals surface area (Å²) in [4.78, 5) is 12.9. The molecule has 1 heterocycles. The first-order valence-electron chi connectivity index (χ1n) is 5.80. The second kappa shape index (κ2) is 6.30. The molecule has 0 bridgehead atoms. The van der Waals surface area contributed by atoms with Crippen LogP contribution in [0.1, 0.15) is 5.56 Å². The summed E-state index contributed by atoms with van der Waals surface area (Å²) in [6.45, 7) is 0.404. The van der Waals surface area contributed by atoms with Gasteiger partial charge in [-0.05, 0) is 17.5 Å². The Morgan fingerprint density at radius 3 is 2.75 bits per heavy atom. The van der Waals surface area contributed by atoms with Gasteiger partial charge in [0.1, 0.15) is 0 Å². The van der Waals surface area contributed by atoms with E-state index in [2.05, 4.69) is 20.3 Å². The molecule has 0 amide bonds. The van der Waals surface area contributed by atoms with Crippen LogP contribution in [0.25, 0.3) is 10.4 Å². The zero-order valence-electron chi connectivity index (χ0n) is 10.4. The fraction of sp³-hybridized carbons (Fsp3) is 0.273. The number of hydrogen-bond acceptors (Lipinski definition) is 5. The molecule has 20 heavy (non-hydrogen) atoms. The number of hydrogen-bond donors (Lipinski definition) is 0. The first-order valence-corrected chi connectivity index (χ1v) is 5.80. The minimum Gasteiger partial charge on any atom is -0.258 e. The van der Waals surface area contributed by atoms with Crippen LogP contribution in [0.2, 0.25) is 0 Å². The fourth-order valence-corrected chi connectivity index (χ4v) is 1.79. The number of aromatic nitrogens is 3. The minimum absolute atomic E-state index is 0.0327. The van der Waals surface area contributed by atoms with E-state index < -0.39 is 4.92 Å². The molecule has 0 N–H and O–H groups in total. The third-order valence-corrected chi connectivity index (χ3v) is 2.70. The van der Waals surface area contributed by atoms with Crippen LogP contribution in [0.4, 0.5) is 5.69 Å². The molecule has 1 aromatic heterocycles. The maximum Gasteiger partial charge on any atom is 0.269 e. The van der Waals surface area contributed by atoms with Gasteiger partial charge in [-0.2, -0.15) is 0 Å². The van der Waals surface area contributed by atoms with Gasteiger partial charge in [0.25, 0.3) is 5.69 Å². The van der Waals surface area contributed by atoms with E-state index in [1.54, 1.807) is 29.2 Å². The van der Waals surface area contributed by atoms with Gasteiger partial charge in [-0.3, -0.25) is 14.8 Å². The van der Waals surface area contributed by atoms with Crippen molar-refractivity contribution >= 4 is 5.69 Å². The summed E-state index contributed by atoms with van der Waals surface area (Å²) in [5.41, 5.74) is 9.47. The van der Waals surface area contributed by atoms with Gasteiger partial charge in [0.2, 0.25) is 0 Å². The van der Waals surface area contributed by atoms with Gasteiger partial charge in [-0.25, -0.2) is 0 Å². The van der Waals surface area contributed by atoms with E-state index in [-0.39, 0.29) is 11.7 Å². The van der Waals surface area contributed by atoms with Crippen molar-refractivity contribution < 1.29 is 4.92 Å². The molecule has 0 spiro atoms. The zero-order valence-corrected chi connectivity index (χ0v) is 10.4. The van der Waals surface area contributed by atoms with E-state index in [4.69, 9.17) is 5.53 Å². The SMILES string of the molecule is [N-]=[N+]=NC(Cc1ccc([N+](=O)[O-])cc1)Cn1ccnn1. The smallest absolute Gasteiger partial charge is 0.258 e. The average molecular weight is 273 g/mol. The van der Waals surface area contributed by atoms with E-state index in [0.29, 0.717) is 13.0 Å². The highest BCUT2D eigenvalue weighted by Crippen LogP contribution is 2.14. The third-order valence-electron chi connectivity index (χ3n) is 2.70. The Morgan fingerprint density at radius 2 is 2.20 bits per heavy atom. The molecule has 0 fully saturated rings. The van der Waals surface area contributed by atoms with Crippen molar-refractivity contribution in [3.63, 3.8) is 0 Å². The van der Waals surface area contributed by atoms with Gasteiger partial charge in [-0.15, -0.1) is 5.10 Å². The Labute approximate surface area is 113 Å². The Hall–Kier alpha value is -2.93. The van der Waals surface area contributed by atoms with E-state index in [0.717, 1.165) is 5.56 Å². The van der Waals surface area contributed by atoms with E-state index in [9.17, 15) is 10.1 Å². The molecule has 1 unspecified atom stereocenters. The summed E-state index contributed by atoms with van der Waals surface area (Å²) < 4.78 is 1.57. The first kappa shape index (κ1) is 13.5. The lowest BCUT2D eigenvalue weighted by atomic mass is 10.1. The predicted molar refractivity (Wildman–Crippen MR) is 69.8 cm³/mol. The van der Waals surface area contributed by atoms with Crippen molar-refractivity contribution in [2.24, 2.45) is 5.11 Å². The molecule has 102 valence electrons. The summed E-state index contributed by atoms with van der Waals surface area (Å²) in [6.07, 6.45) is 3.69. The van der Waals surface area contributed by atoms with Gasteiger partial charge in [0, 0.05) is 23.2 Å². The van der Waals surface area contributed by atoms with Crippen LogP contribution in [0.15, 0.2) is 41.8 Å². The van der Waals surface area contributed by atoms with Crippen LogP contribution < -0.4 is 0 Å². The number of benzene rings is 1. The topological polar surface area (TPSA) is 123 Å². The van der Waals surface area contributed by atoms with Gasteiger partial charge >= 0.3 is 0 Å². The number of non-ortho nitro benzene ring substituents is 1. The first-order chi connectivity index (χ1) is 9.69. The number of rotatable bonds is 6. The number of nitrogens with zero attached hydrogens (tertiary/aromatic N) is 7. The fourth-order valence-electron chi connectivity index (χ4n) is 1.79. The highest BCUT2D eigenvalue weighted by Gasteiger charge is 2.11. The van der Waals surface area contributed by atoms with Crippen LogP contribution in [0.3, 0.4) is 0 Å². The molecule has 2 rings (SSSR count). The molecule has 0 aliphatic carbocycles. The van der Waals surface area contributed by atoms with Crippen LogP contribution in [0, 0.1) is 10.1 Å². The lowest BCUT2D eigenvalue weighted by Gasteiger charge is -2.10. The molecule has 2 aromatic rings. The highest BCUT2D eigenvalue weighted by molar-refractivity contribution is 5.33. The Bertz CT molecular complexity index is 617. The lowest BCUT2D eigenvalue weighted by Crippen LogP contribution is -2.17. The van der Waals surface area contributed by atoms with Crippen LogP contribution in [-0.2, 0) is 13.0 Å². The van der Waals surface area contributed by atoms with Crippen molar-refractivity contribution in [3.8, 4) is 0 Å². The number of nitro benzene ring substituents is 1. The second-order valence-electron chi connectivity index (χ2n) is 4.11. The summed E-state index contributed by atoms with van der Waals surface area (Å²) in [6, 6.07) is 5.83. The molecule has 9 heteroatoms. The standard InChI is InChI=1S/C11H11N7O2/c12-15-14-10(8-17-6-5-13-16-17)7-9-1-3-11(4-2-9)18(19)20/h1-6,10H,7-8H2. The van der Waals surface area contributed by atoms with Gasteiger partial charge in [-0.1, -0.05) is 22.5 Å². The van der Waals surface area contributed by atoms with Crippen LogP contribution in [0.5, 0.6) is 0 Å². The minimum atomic E-state index is -0.454. The van der Waals surface area contributed by atoms with Gasteiger partial charge in [0.05, 0.1) is 23.7 Å². The second-order valence-corrected chi connectivity index (χ2v) is 4.11. The average Bonchev–Trinajstić information content (AvgIpc) is 2.92. The third kappa shape index (κ3) is 3.53. The van der Waals surface area contributed by atoms with Crippen molar-refractivity contribution in [2.45, 2.75) is 19.0 Å². The van der Waals surface area contributed by atoms with Crippen molar-refractivity contribution in [3.05, 3.63) is 62.8 Å². The van der Waals surface area contributed by atoms with Crippen LogP contribution in [-0.4, -0.2) is 26.0 Å². The summed E-state index contributed by atoms with van der Waals surface area (Å²) in [7, 11) is 0. The molecule has 0 saturated heterocycles. The number of nitro groups is 1. The Kier molecular flexibility index (Phi) is 4.25. The molecular weight excluding hydrogens is 262 g/mol.